The minimum absolute atomic E-state index is 0.0704. The van der Waals surface area contributed by atoms with E-state index in [1.807, 2.05) is 24.3 Å². The summed E-state index contributed by atoms with van der Waals surface area (Å²) < 4.78 is 0. The summed E-state index contributed by atoms with van der Waals surface area (Å²) in [6, 6.07) is 7.74. The maximum absolute atomic E-state index is 11.1. The highest BCUT2D eigenvalue weighted by atomic mass is 32.2. The van der Waals surface area contributed by atoms with Gasteiger partial charge in [-0.05, 0) is 50.6 Å². The molecule has 1 unspecified atom stereocenters. The van der Waals surface area contributed by atoms with Crippen LogP contribution in [-0.4, -0.2) is 15.9 Å². The largest absolute Gasteiger partial charge is 0.383 e. The maximum Gasteiger partial charge on any atom is 0.221 e. The fourth-order valence-electron chi connectivity index (χ4n) is 2.56. The average molecular weight is 373 g/mol. The van der Waals surface area contributed by atoms with Gasteiger partial charge in [0.2, 0.25) is 5.91 Å². The second-order valence-corrected chi connectivity index (χ2v) is 8.51. The molecule has 1 amide bonds. The van der Waals surface area contributed by atoms with Gasteiger partial charge in [0.15, 0.2) is 0 Å². The smallest absolute Gasteiger partial charge is 0.221 e. The number of amides is 1. The molecule has 1 aromatic carbocycles. The first-order valence-electron chi connectivity index (χ1n) is 7.92. The lowest BCUT2D eigenvalue weighted by Crippen LogP contribution is -2.05. The quantitative estimate of drug-likeness (QED) is 0.649. The first-order chi connectivity index (χ1) is 11.8. The van der Waals surface area contributed by atoms with E-state index in [9.17, 15) is 4.79 Å². The van der Waals surface area contributed by atoms with E-state index in [0.29, 0.717) is 5.82 Å². The van der Waals surface area contributed by atoms with Crippen LogP contribution in [0.5, 0.6) is 0 Å². The van der Waals surface area contributed by atoms with Crippen LogP contribution in [0.25, 0.3) is 10.2 Å². The molecule has 25 heavy (non-hydrogen) atoms. The van der Waals surface area contributed by atoms with Gasteiger partial charge in [-0.25, -0.2) is 9.97 Å². The van der Waals surface area contributed by atoms with Crippen molar-refractivity contribution in [2.75, 3.05) is 11.1 Å². The van der Waals surface area contributed by atoms with Gasteiger partial charge >= 0.3 is 0 Å². The van der Waals surface area contributed by atoms with Gasteiger partial charge < -0.3 is 11.1 Å². The lowest BCUT2D eigenvalue weighted by molar-refractivity contribution is -0.114. The number of fused-ring (bicyclic) bond motifs is 1. The molecular formula is C18H20N4OS2. The van der Waals surface area contributed by atoms with E-state index in [2.05, 4.69) is 31.1 Å². The maximum atomic E-state index is 11.1. The fourth-order valence-corrected chi connectivity index (χ4v) is 4.51. The van der Waals surface area contributed by atoms with Crippen LogP contribution in [0.2, 0.25) is 0 Å². The standard InChI is InChI=1S/C18H20N4OS2/c1-9-10(2)25-18-15(9)16(19)21-17(22-18)11(3)24-14-7-5-13(6-8-14)20-12(4)23/h5-8,11H,1-4H3,(H,20,23)(H2,19,21,22). The van der Waals surface area contributed by atoms with Crippen molar-refractivity contribution in [1.29, 1.82) is 0 Å². The SMILES string of the molecule is CC(=O)Nc1ccc(SC(C)c2nc(N)c3c(C)c(C)sc3n2)cc1. The number of benzene rings is 1. The monoisotopic (exact) mass is 372 g/mol. The number of thioether (sulfide) groups is 1. The van der Waals surface area contributed by atoms with Crippen LogP contribution in [0.4, 0.5) is 11.5 Å². The van der Waals surface area contributed by atoms with Crippen LogP contribution < -0.4 is 11.1 Å². The Morgan fingerprint density at radius 1 is 1.24 bits per heavy atom. The van der Waals surface area contributed by atoms with Gasteiger partial charge in [-0.15, -0.1) is 23.1 Å². The van der Waals surface area contributed by atoms with E-state index in [4.69, 9.17) is 10.7 Å². The lowest BCUT2D eigenvalue weighted by Gasteiger charge is -2.11. The Kier molecular flexibility index (Phi) is 4.96. The van der Waals surface area contributed by atoms with E-state index >= 15 is 0 Å². The van der Waals surface area contributed by atoms with Gasteiger partial charge in [0.1, 0.15) is 16.5 Å². The molecule has 5 nitrogen and oxygen atoms in total. The highest BCUT2D eigenvalue weighted by Gasteiger charge is 2.17. The normalized spacial score (nSPS) is 12.3. The van der Waals surface area contributed by atoms with Crippen molar-refractivity contribution >= 4 is 50.7 Å². The molecule has 0 bridgehead atoms. The molecule has 2 heterocycles. The number of nitrogens with zero attached hydrogens (tertiary/aromatic N) is 2. The van der Waals surface area contributed by atoms with Crippen LogP contribution >= 0.6 is 23.1 Å². The molecule has 3 rings (SSSR count). The van der Waals surface area contributed by atoms with E-state index in [1.54, 1.807) is 23.1 Å². The summed E-state index contributed by atoms with van der Waals surface area (Å²) >= 11 is 3.32. The van der Waals surface area contributed by atoms with Crippen molar-refractivity contribution in [2.24, 2.45) is 0 Å². The number of anilines is 2. The molecule has 3 aromatic rings. The summed E-state index contributed by atoms with van der Waals surface area (Å²) in [5.74, 6) is 1.21. The van der Waals surface area contributed by atoms with Crippen LogP contribution in [-0.2, 0) is 4.79 Å². The van der Waals surface area contributed by atoms with Crippen molar-refractivity contribution in [1.82, 2.24) is 9.97 Å². The highest BCUT2D eigenvalue weighted by Crippen LogP contribution is 2.37. The summed E-state index contributed by atoms with van der Waals surface area (Å²) in [6.07, 6.45) is 0. The van der Waals surface area contributed by atoms with Crippen molar-refractivity contribution in [2.45, 2.75) is 37.8 Å². The molecular weight excluding hydrogens is 352 g/mol. The average Bonchev–Trinajstić information content (AvgIpc) is 2.83. The van der Waals surface area contributed by atoms with E-state index < -0.39 is 0 Å². The number of thiophene rings is 1. The summed E-state index contributed by atoms with van der Waals surface area (Å²) in [5, 5.41) is 3.81. The summed E-state index contributed by atoms with van der Waals surface area (Å²) in [7, 11) is 0. The zero-order valence-electron chi connectivity index (χ0n) is 14.6. The third-order valence-corrected chi connectivity index (χ3v) is 6.13. The summed E-state index contributed by atoms with van der Waals surface area (Å²) in [4.78, 5) is 23.6. The number of rotatable bonds is 4. The number of carbonyl (C=O) groups excluding carboxylic acids is 1. The predicted molar refractivity (Wildman–Crippen MR) is 106 cm³/mol. The molecule has 1 atom stereocenters. The van der Waals surface area contributed by atoms with Gasteiger partial charge in [0.05, 0.1) is 10.6 Å². The molecule has 2 aromatic heterocycles. The summed E-state index contributed by atoms with van der Waals surface area (Å²) in [6.45, 7) is 7.70. The number of carbonyl (C=O) groups is 1. The lowest BCUT2D eigenvalue weighted by atomic mass is 10.2. The Morgan fingerprint density at radius 3 is 2.56 bits per heavy atom. The number of aryl methyl sites for hydroxylation is 2. The van der Waals surface area contributed by atoms with Gasteiger partial charge in [0.25, 0.3) is 0 Å². The molecule has 7 heteroatoms. The van der Waals surface area contributed by atoms with Crippen molar-refractivity contribution in [3.05, 3.63) is 40.5 Å². The van der Waals surface area contributed by atoms with E-state index in [1.165, 1.54) is 11.8 Å². The Bertz CT molecular complexity index is 934. The van der Waals surface area contributed by atoms with Gasteiger partial charge in [-0.2, -0.15) is 0 Å². The van der Waals surface area contributed by atoms with Crippen molar-refractivity contribution in [3.63, 3.8) is 0 Å². The highest BCUT2D eigenvalue weighted by molar-refractivity contribution is 7.99. The van der Waals surface area contributed by atoms with Gasteiger partial charge in [-0.3, -0.25) is 4.79 Å². The summed E-state index contributed by atoms with van der Waals surface area (Å²) in [5.41, 5.74) is 8.13. The van der Waals surface area contributed by atoms with Crippen LogP contribution in [0.15, 0.2) is 29.2 Å². The Labute approximate surface area is 155 Å². The van der Waals surface area contributed by atoms with Crippen molar-refractivity contribution < 1.29 is 4.79 Å². The molecule has 0 aliphatic heterocycles. The van der Waals surface area contributed by atoms with E-state index in [0.717, 1.165) is 32.2 Å². The molecule has 0 saturated carbocycles. The zero-order valence-corrected chi connectivity index (χ0v) is 16.2. The van der Waals surface area contributed by atoms with Crippen LogP contribution in [0.3, 0.4) is 0 Å². The van der Waals surface area contributed by atoms with Gasteiger partial charge in [-0.1, -0.05) is 0 Å². The number of nitrogen functional groups attached to an aromatic ring is 1. The number of nitrogens with two attached hydrogens (primary N) is 1. The molecule has 0 aliphatic rings. The molecule has 0 fully saturated rings. The van der Waals surface area contributed by atoms with Crippen LogP contribution in [0.1, 0.15) is 35.4 Å². The third kappa shape index (κ3) is 3.77. The van der Waals surface area contributed by atoms with E-state index in [-0.39, 0.29) is 11.2 Å². The Balaban J connectivity index is 1.82. The molecule has 0 spiro atoms. The van der Waals surface area contributed by atoms with Gasteiger partial charge in [0, 0.05) is 22.4 Å². The molecule has 3 N–H and O–H groups in total. The second-order valence-electron chi connectivity index (χ2n) is 5.90. The molecule has 130 valence electrons. The number of hydrogen-bond donors (Lipinski definition) is 2. The fraction of sp³-hybridized carbons (Fsp3) is 0.278. The second kappa shape index (κ2) is 7.01. The third-order valence-electron chi connectivity index (χ3n) is 3.93. The first kappa shape index (κ1) is 17.7. The minimum Gasteiger partial charge on any atom is -0.383 e. The Hall–Kier alpha value is -2.12. The number of aromatic nitrogens is 2. The topological polar surface area (TPSA) is 80.9 Å². The molecule has 0 radical (unpaired) electrons. The molecule has 0 aliphatic carbocycles. The minimum atomic E-state index is -0.0764. The van der Waals surface area contributed by atoms with Crippen LogP contribution in [0, 0.1) is 13.8 Å². The zero-order chi connectivity index (χ0) is 18.1. The Morgan fingerprint density at radius 2 is 1.92 bits per heavy atom. The molecule has 0 saturated heterocycles. The number of nitrogens with one attached hydrogen (secondary N) is 1. The first-order valence-corrected chi connectivity index (χ1v) is 9.62. The predicted octanol–water partition coefficient (Wildman–Crippen LogP) is 4.70. The van der Waals surface area contributed by atoms with Crippen molar-refractivity contribution in [3.8, 4) is 0 Å². The number of hydrogen-bond acceptors (Lipinski definition) is 6.